The summed E-state index contributed by atoms with van der Waals surface area (Å²) in [7, 11) is 0. The van der Waals surface area contributed by atoms with Gasteiger partial charge in [0.2, 0.25) is 0 Å². The minimum Gasteiger partial charge on any atom is -0.484 e. The lowest BCUT2D eigenvalue weighted by molar-refractivity contribution is -0.384. The van der Waals surface area contributed by atoms with Crippen molar-refractivity contribution in [2.24, 2.45) is 0 Å². The molecule has 10 nitrogen and oxygen atoms in total. The van der Waals surface area contributed by atoms with Crippen molar-refractivity contribution in [3.63, 3.8) is 0 Å². The molecule has 0 atom stereocenters. The molecule has 0 unspecified atom stereocenters. The van der Waals surface area contributed by atoms with Gasteiger partial charge in [0, 0.05) is 18.0 Å². The third-order valence-corrected chi connectivity index (χ3v) is 3.87. The summed E-state index contributed by atoms with van der Waals surface area (Å²) >= 11 is 0. The lowest BCUT2D eigenvalue weighted by Gasteiger charge is -2.09. The fourth-order valence-electron chi connectivity index (χ4n) is 2.54. The maximum Gasteiger partial charge on any atom is 0.358 e. The van der Waals surface area contributed by atoms with Crippen molar-refractivity contribution in [2.45, 2.75) is 6.92 Å². The summed E-state index contributed by atoms with van der Waals surface area (Å²) in [5, 5.41) is 17.6. The van der Waals surface area contributed by atoms with E-state index >= 15 is 0 Å². The average molecular weight is 410 g/mol. The van der Waals surface area contributed by atoms with Gasteiger partial charge in [0.15, 0.2) is 12.3 Å². The van der Waals surface area contributed by atoms with Gasteiger partial charge < -0.3 is 14.8 Å². The Morgan fingerprint density at radius 2 is 1.97 bits per heavy atom. The molecule has 0 saturated heterocycles. The van der Waals surface area contributed by atoms with Gasteiger partial charge in [0.25, 0.3) is 11.6 Å². The van der Waals surface area contributed by atoms with Gasteiger partial charge in [0.05, 0.1) is 23.3 Å². The first kappa shape index (κ1) is 20.5. The minimum atomic E-state index is -0.541. The summed E-state index contributed by atoms with van der Waals surface area (Å²) in [5.74, 6) is -0.735. The van der Waals surface area contributed by atoms with E-state index in [2.05, 4.69) is 10.4 Å². The van der Waals surface area contributed by atoms with Crippen molar-refractivity contribution < 1.29 is 24.0 Å². The fourth-order valence-corrected chi connectivity index (χ4v) is 2.54. The number of amides is 1. The first-order valence-corrected chi connectivity index (χ1v) is 8.96. The van der Waals surface area contributed by atoms with Crippen LogP contribution in [0.5, 0.6) is 5.75 Å². The number of nitrogens with zero attached hydrogens (tertiary/aromatic N) is 3. The Labute approximate surface area is 171 Å². The number of aromatic nitrogens is 2. The molecule has 3 rings (SSSR count). The zero-order chi connectivity index (χ0) is 21.5. The van der Waals surface area contributed by atoms with Gasteiger partial charge in [-0.05, 0) is 37.3 Å². The Morgan fingerprint density at radius 3 is 2.73 bits per heavy atom. The molecule has 0 radical (unpaired) electrons. The number of carbonyl (C=O) groups is 2. The quantitative estimate of drug-likeness (QED) is 0.344. The van der Waals surface area contributed by atoms with E-state index in [1.54, 1.807) is 37.4 Å². The summed E-state index contributed by atoms with van der Waals surface area (Å²) in [4.78, 5) is 34.2. The Bertz CT molecular complexity index is 1080. The minimum absolute atomic E-state index is 0.123. The van der Waals surface area contributed by atoms with Crippen LogP contribution in [0.4, 0.5) is 11.4 Å². The van der Waals surface area contributed by atoms with Crippen molar-refractivity contribution in [1.29, 1.82) is 0 Å². The molecule has 0 saturated carbocycles. The molecule has 0 aliphatic rings. The number of hydrogen-bond acceptors (Lipinski definition) is 7. The highest BCUT2D eigenvalue weighted by molar-refractivity contribution is 5.92. The van der Waals surface area contributed by atoms with Crippen LogP contribution >= 0.6 is 0 Å². The van der Waals surface area contributed by atoms with E-state index in [9.17, 15) is 19.7 Å². The number of non-ortho nitro benzene ring substituents is 1. The number of anilines is 1. The lowest BCUT2D eigenvalue weighted by atomic mass is 10.2. The van der Waals surface area contributed by atoms with Crippen LogP contribution in [0.3, 0.4) is 0 Å². The van der Waals surface area contributed by atoms with Crippen LogP contribution in [0.1, 0.15) is 17.4 Å². The molecule has 1 heterocycles. The third kappa shape index (κ3) is 5.19. The Hall–Kier alpha value is -4.21. The second kappa shape index (κ2) is 9.32. The first-order valence-electron chi connectivity index (χ1n) is 8.96. The largest absolute Gasteiger partial charge is 0.484 e. The molecule has 3 aromatic rings. The van der Waals surface area contributed by atoms with Gasteiger partial charge >= 0.3 is 5.97 Å². The Balaban J connectivity index is 1.62. The van der Waals surface area contributed by atoms with Crippen LogP contribution < -0.4 is 10.1 Å². The van der Waals surface area contributed by atoms with Crippen LogP contribution in [0.25, 0.3) is 5.69 Å². The number of nitrogens with one attached hydrogen (secondary N) is 1. The van der Waals surface area contributed by atoms with Crippen molar-refractivity contribution in [3.8, 4) is 11.4 Å². The number of ether oxygens (including phenoxy) is 2. The normalized spacial score (nSPS) is 10.3. The highest BCUT2D eigenvalue weighted by atomic mass is 16.6. The topological polar surface area (TPSA) is 126 Å². The lowest BCUT2D eigenvalue weighted by Crippen LogP contribution is -2.20. The van der Waals surface area contributed by atoms with Crippen LogP contribution in [0, 0.1) is 10.1 Å². The van der Waals surface area contributed by atoms with Gasteiger partial charge in [-0.25, -0.2) is 9.48 Å². The molecule has 1 amide bonds. The molecule has 0 aliphatic carbocycles. The molecule has 2 aromatic carbocycles. The van der Waals surface area contributed by atoms with Gasteiger partial charge in [-0.2, -0.15) is 5.10 Å². The zero-order valence-electron chi connectivity index (χ0n) is 16.0. The second-order valence-corrected chi connectivity index (χ2v) is 6.01. The highest BCUT2D eigenvalue weighted by Crippen LogP contribution is 2.19. The third-order valence-electron chi connectivity index (χ3n) is 3.87. The molecule has 0 spiro atoms. The van der Waals surface area contributed by atoms with E-state index in [0.29, 0.717) is 11.4 Å². The predicted molar refractivity (Wildman–Crippen MR) is 107 cm³/mol. The number of nitro benzene ring substituents is 1. The van der Waals surface area contributed by atoms with Crippen LogP contribution in [-0.4, -0.2) is 39.8 Å². The molecule has 10 heteroatoms. The van der Waals surface area contributed by atoms with E-state index in [1.165, 1.54) is 35.0 Å². The summed E-state index contributed by atoms with van der Waals surface area (Å²) in [6, 6.07) is 14.0. The second-order valence-electron chi connectivity index (χ2n) is 6.01. The summed E-state index contributed by atoms with van der Waals surface area (Å²) < 4.78 is 11.7. The van der Waals surface area contributed by atoms with Gasteiger partial charge in [-0.3, -0.25) is 14.9 Å². The smallest absolute Gasteiger partial charge is 0.358 e. The number of nitro groups is 1. The summed E-state index contributed by atoms with van der Waals surface area (Å²) in [6.45, 7) is 1.65. The van der Waals surface area contributed by atoms with E-state index in [4.69, 9.17) is 9.47 Å². The number of benzene rings is 2. The number of esters is 1. The molecule has 154 valence electrons. The highest BCUT2D eigenvalue weighted by Gasteiger charge is 2.12. The standard InChI is InChI=1S/C20H18N4O6/c1-2-29-20(26)18-9-10-23(22-18)15-6-3-5-14(11-15)21-19(25)13-30-17-8-4-7-16(12-17)24(27)28/h3-12H,2,13H2,1H3,(H,21,25). The zero-order valence-corrected chi connectivity index (χ0v) is 16.0. The van der Waals surface area contributed by atoms with Gasteiger partial charge in [0.1, 0.15) is 5.75 Å². The van der Waals surface area contributed by atoms with Crippen molar-refractivity contribution in [2.75, 3.05) is 18.5 Å². The van der Waals surface area contributed by atoms with E-state index in [-0.39, 0.29) is 30.3 Å². The molecular formula is C20H18N4O6. The summed E-state index contributed by atoms with van der Waals surface area (Å²) in [6.07, 6.45) is 1.61. The Morgan fingerprint density at radius 1 is 1.17 bits per heavy atom. The van der Waals surface area contributed by atoms with E-state index in [0.717, 1.165) is 0 Å². The first-order chi connectivity index (χ1) is 14.5. The van der Waals surface area contributed by atoms with E-state index in [1.807, 2.05) is 0 Å². The van der Waals surface area contributed by atoms with Crippen molar-refractivity contribution in [1.82, 2.24) is 9.78 Å². The molecule has 0 bridgehead atoms. The predicted octanol–water partition coefficient (Wildman–Crippen LogP) is 2.97. The molecule has 0 aliphatic heterocycles. The Kier molecular flexibility index (Phi) is 6.38. The van der Waals surface area contributed by atoms with Gasteiger partial charge in [-0.15, -0.1) is 0 Å². The van der Waals surface area contributed by atoms with Crippen LogP contribution in [-0.2, 0) is 9.53 Å². The molecule has 1 aromatic heterocycles. The number of hydrogen-bond donors (Lipinski definition) is 1. The van der Waals surface area contributed by atoms with Crippen LogP contribution in [0.2, 0.25) is 0 Å². The SMILES string of the molecule is CCOC(=O)c1ccn(-c2cccc(NC(=O)COc3cccc([N+](=O)[O-])c3)c2)n1. The molecule has 1 N–H and O–H groups in total. The van der Waals surface area contributed by atoms with Crippen molar-refractivity contribution >= 4 is 23.3 Å². The maximum absolute atomic E-state index is 12.2. The molecule has 30 heavy (non-hydrogen) atoms. The monoisotopic (exact) mass is 410 g/mol. The van der Waals surface area contributed by atoms with Crippen molar-refractivity contribution in [3.05, 3.63) is 76.6 Å². The van der Waals surface area contributed by atoms with Gasteiger partial charge in [-0.1, -0.05) is 12.1 Å². The average Bonchev–Trinajstić information content (AvgIpc) is 3.23. The molecule has 0 fully saturated rings. The number of carbonyl (C=O) groups excluding carboxylic acids is 2. The van der Waals surface area contributed by atoms with Crippen LogP contribution in [0.15, 0.2) is 60.8 Å². The summed E-state index contributed by atoms with van der Waals surface area (Å²) in [5.41, 5.74) is 1.18. The maximum atomic E-state index is 12.2. The number of rotatable bonds is 8. The fraction of sp³-hybridized carbons (Fsp3) is 0.150. The van der Waals surface area contributed by atoms with E-state index < -0.39 is 16.8 Å². The molecular weight excluding hydrogens is 392 g/mol.